The minimum atomic E-state index is -0.284. The summed E-state index contributed by atoms with van der Waals surface area (Å²) in [7, 11) is 0. The van der Waals surface area contributed by atoms with Gasteiger partial charge >= 0.3 is 0 Å². The van der Waals surface area contributed by atoms with Crippen LogP contribution in [0.15, 0.2) is 41.8 Å². The Labute approximate surface area is 169 Å². The van der Waals surface area contributed by atoms with Gasteiger partial charge in [0.25, 0.3) is 0 Å². The molecule has 0 saturated carbocycles. The molecule has 1 unspecified atom stereocenters. The van der Waals surface area contributed by atoms with E-state index in [1.165, 1.54) is 23.8 Å². The number of carbonyl (C=O) groups is 2. The van der Waals surface area contributed by atoms with Gasteiger partial charge in [0.1, 0.15) is 0 Å². The molecule has 0 spiro atoms. The van der Waals surface area contributed by atoms with Crippen LogP contribution in [0.5, 0.6) is 0 Å². The Kier molecular flexibility index (Phi) is 7.59. The molecule has 1 atom stereocenters. The van der Waals surface area contributed by atoms with Gasteiger partial charge in [0.2, 0.25) is 11.8 Å². The van der Waals surface area contributed by atoms with Crippen molar-refractivity contribution in [2.45, 2.75) is 32.5 Å². The Hall–Kier alpha value is -2.22. The zero-order chi connectivity index (χ0) is 19.8. The molecule has 0 radical (unpaired) electrons. The van der Waals surface area contributed by atoms with Crippen LogP contribution in [-0.2, 0) is 27.4 Å². The van der Waals surface area contributed by atoms with Gasteiger partial charge in [-0.3, -0.25) is 14.5 Å². The molecule has 2 heterocycles. The summed E-state index contributed by atoms with van der Waals surface area (Å²) in [6.07, 6.45) is 0.231. The van der Waals surface area contributed by atoms with Crippen molar-refractivity contribution in [1.29, 1.82) is 0 Å². The molecule has 2 N–H and O–H groups in total. The zero-order valence-corrected chi connectivity index (χ0v) is 17.0. The number of carbonyl (C=O) groups excluding carboxylic acids is 2. The quantitative estimate of drug-likeness (QED) is 0.713. The van der Waals surface area contributed by atoms with Crippen LogP contribution in [0.2, 0.25) is 0 Å². The lowest BCUT2D eigenvalue weighted by Crippen LogP contribution is -2.35. The normalized spacial score (nSPS) is 15.8. The highest BCUT2D eigenvalue weighted by atomic mass is 32.1. The molecule has 6 nitrogen and oxygen atoms in total. The van der Waals surface area contributed by atoms with E-state index in [-0.39, 0.29) is 24.3 Å². The standard InChI is InChI=1S/C21H27N3O3S/c1-16(25)23-19(20-3-2-12-28-20)13-21(26)22-14-17-4-6-18(7-5-17)15-24-8-10-27-11-9-24/h2-7,12,19H,8-11,13-15H2,1H3,(H,22,26)(H,23,25). The molecular formula is C21H27N3O3S. The van der Waals surface area contributed by atoms with Crippen molar-refractivity contribution in [3.63, 3.8) is 0 Å². The summed E-state index contributed by atoms with van der Waals surface area (Å²) in [6.45, 7) is 6.42. The topological polar surface area (TPSA) is 70.7 Å². The molecule has 1 saturated heterocycles. The molecular weight excluding hydrogens is 374 g/mol. The van der Waals surface area contributed by atoms with E-state index in [4.69, 9.17) is 4.74 Å². The van der Waals surface area contributed by atoms with Gasteiger partial charge in [0.05, 0.1) is 25.7 Å². The highest BCUT2D eigenvalue weighted by molar-refractivity contribution is 7.10. The maximum atomic E-state index is 12.4. The summed E-state index contributed by atoms with van der Waals surface area (Å²) in [6, 6.07) is 11.9. The number of rotatable bonds is 8. The first-order valence-corrected chi connectivity index (χ1v) is 10.4. The van der Waals surface area contributed by atoms with E-state index < -0.39 is 0 Å². The monoisotopic (exact) mass is 401 g/mol. The summed E-state index contributed by atoms with van der Waals surface area (Å²) in [5.41, 5.74) is 2.33. The number of amides is 2. The lowest BCUT2D eigenvalue weighted by atomic mass is 10.1. The number of nitrogens with zero attached hydrogens (tertiary/aromatic N) is 1. The van der Waals surface area contributed by atoms with Crippen LogP contribution in [0.25, 0.3) is 0 Å². The first-order chi connectivity index (χ1) is 13.6. The summed E-state index contributed by atoms with van der Waals surface area (Å²) in [5, 5.41) is 7.75. The molecule has 1 aromatic heterocycles. The maximum absolute atomic E-state index is 12.4. The van der Waals surface area contributed by atoms with Crippen LogP contribution in [-0.4, -0.2) is 43.0 Å². The molecule has 150 valence electrons. The fourth-order valence-electron chi connectivity index (χ4n) is 3.20. The molecule has 1 fully saturated rings. The minimum absolute atomic E-state index is 0.0791. The second kappa shape index (κ2) is 10.4. The van der Waals surface area contributed by atoms with Crippen molar-refractivity contribution in [1.82, 2.24) is 15.5 Å². The fraction of sp³-hybridized carbons (Fsp3) is 0.429. The highest BCUT2D eigenvalue weighted by Gasteiger charge is 2.18. The first kappa shape index (κ1) is 20.5. The van der Waals surface area contributed by atoms with Crippen LogP contribution in [0, 0.1) is 0 Å². The molecule has 0 bridgehead atoms. The van der Waals surface area contributed by atoms with E-state index in [2.05, 4.69) is 39.8 Å². The molecule has 0 aliphatic carbocycles. The number of ether oxygens (including phenoxy) is 1. The van der Waals surface area contributed by atoms with Gasteiger partial charge in [-0.1, -0.05) is 30.3 Å². The van der Waals surface area contributed by atoms with Crippen LogP contribution in [0.3, 0.4) is 0 Å². The van der Waals surface area contributed by atoms with Crippen molar-refractivity contribution in [2.75, 3.05) is 26.3 Å². The molecule has 2 aromatic rings. The Balaban J connectivity index is 1.47. The molecule has 7 heteroatoms. The Bertz CT molecular complexity index is 756. The first-order valence-electron chi connectivity index (χ1n) is 9.55. The number of morpholine rings is 1. The second-order valence-electron chi connectivity index (χ2n) is 6.95. The average molecular weight is 402 g/mol. The van der Waals surface area contributed by atoms with E-state index in [1.807, 2.05) is 17.5 Å². The number of thiophene rings is 1. The van der Waals surface area contributed by atoms with E-state index in [9.17, 15) is 9.59 Å². The lowest BCUT2D eigenvalue weighted by molar-refractivity contribution is -0.122. The van der Waals surface area contributed by atoms with Crippen molar-refractivity contribution in [3.8, 4) is 0 Å². The van der Waals surface area contributed by atoms with Gasteiger partial charge in [0, 0.05) is 38.0 Å². The van der Waals surface area contributed by atoms with Crippen LogP contribution in [0.1, 0.15) is 35.4 Å². The third-order valence-corrected chi connectivity index (χ3v) is 5.66. The Morgan fingerprint density at radius 1 is 1.14 bits per heavy atom. The van der Waals surface area contributed by atoms with Crippen molar-refractivity contribution >= 4 is 23.2 Å². The average Bonchev–Trinajstić information content (AvgIpc) is 3.22. The number of hydrogen-bond donors (Lipinski definition) is 2. The molecule has 1 aromatic carbocycles. The zero-order valence-electron chi connectivity index (χ0n) is 16.1. The van der Waals surface area contributed by atoms with Crippen molar-refractivity contribution in [3.05, 3.63) is 57.8 Å². The molecule has 1 aliphatic rings. The summed E-state index contributed by atoms with van der Waals surface area (Å²) < 4.78 is 5.38. The fourth-order valence-corrected chi connectivity index (χ4v) is 3.97. The number of nitrogens with one attached hydrogen (secondary N) is 2. The SMILES string of the molecule is CC(=O)NC(CC(=O)NCc1ccc(CN2CCOCC2)cc1)c1cccs1. The van der Waals surface area contributed by atoms with Crippen molar-refractivity contribution in [2.24, 2.45) is 0 Å². The molecule has 28 heavy (non-hydrogen) atoms. The predicted octanol–water partition coefficient (Wildman–Crippen LogP) is 2.46. The highest BCUT2D eigenvalue weighted by Crippen LogP contribution is 2.22. The van der Waals surface area contributed by atoms with Crippen molar-refractivity contribution < 1.29 is 14.3 Å². The Morgan fingerprint density at radius 3 is 2.50 bits per heavy atom. The van der Waals surface area contributed by atoms with E-state index in [0.29, 0.717) is 6.54 Å². The predicted molar refractivity (Wildman–Crippen MR) is 110 cm³/mol. The van der Waals surface area contributed by atoms with Crippen LogP contribution in [0.4, 0.5) is 0 Å². The summed E-state index contributed by atoms with van der Waals surface area (Å²) in [5.74, 6) is -0.216. The van der Waals surface area contributed by atoms with E-state index in [1.54, 1.807) is 0 Å². The molecule has 2 amide bonds. The van der Waals surface area contributed by atoms with Gasteiger partial charge < -0.3 is 15.4 Å². The number of benzene rings is 1. The summed E-state index contributed by atoms with van der Waals surface area (Å²) in [4.78, 5) is 27.2. The third kappa shape index (κ3) is 6.44. The lowest BCUT2D eigenvalue weighted by Gasteiger charge is -2.26. The summed E-state index contributed by atoms with van der Waals surface area (Å²) >= 11 is 1.54. The van der Waals surface area contributed by atoms with Gasteiger partial charge in [-0.2, -0.15) is 0 Å². The number of hydrogen-bond acceptors (Lipinski definition) is 5. The third-order valence-electron chi connectivity index (χ3n) is 4.68. The van der Waals surface area contributed by atoms with Gasteiger partial charge in [-0.15, -0.1) is 11.3 Å². The smallest absolute Gasteiger partial charge is 0.222 e. The van der Waals surface area contributed by atoms with E-state index in [0.717, 1.165) is 43.3 Å². The second-order valence-corrected chi connectivity index (χ2v) is 7.93. The van der Waals surface area contributed by atoms with Crippen LogP contribution >= 0.6 is 11.3 Å². The van der Waals surface area contributed by atoms with E-state index >= 15 is 0 Å². The van der Waals surface area contributed by atoms with Gasteiger partial charge in [-0.05, 0) is 22.6 Å². The largest absolute Gasteiger partial charge is 0.379 e. The van der Waals surface area contributed by atoms with Gasteiger partial charge in [-0.25, -0.2) is 0 Å². The van der Waals surface area contributed by atoms with Crippen LogP contribution < -0.4 is 10.6 Å². The maximum Gasteiger partial charge on any atom is 0.222 e. The molecule has 3 rings (SSSR count). The molecule has 1 aliphatic heterocycles. The Morgan fingerprint density at radius 2 is 1.86 bits per heavy atom. The van der Waals surface area contributed by atoms with Gasteiger partial charge in [0.15, 0.2) is 0 Å². The minimum Gasteiger partial charge on any atom is -0.379 e.